The maximum Gasteiger partial charge on any atom is 0.116 e. The molecule has 0 spiro atoms. The molecule has 96 valence electrons. The topological polar surface area (TPSA) is 16.6 Å². The molecular weight excluding hydrogens is 218 g/mol. The fourth-order valence-corrected chi connectivity index (χ4v) is 3.01. The second-order valence-electron chi connectivity index (χ2n) is 5.78. The van der Waals surface area contributed by atoms with E-state index in [-0.39, 0.29) is 0 Å². The third-order valence-corrected chi connectivity index (χ3v) is 3.62. The maximum absolute atomic E-state index is 4.07. The first-order valence-electron chi connectivity index (χ1n) is 6.78. The zero-order valence-corrected chi connectivity index (χ0v) is 11.6. The molecule has 2 rings (SSSR count). The molecule has 2 atom stereocenters. The molecular formula is C17H24N+. The fourth-order valence-electron chi connectivity index (χ4n) is 3.01. The summed E-state index contributed by atoms with van der Waals surface area (Å²) in [5.74, 6) is 0. The molecule has 0 saturated heterocycles. The predicted molar refractivity (Wildman–Crippen MR) is 77.5 cm³/mol. The molecule has 1 nitrogen and oxygen atoms in total. The second-order valence-corrected chi connectivity index (χ2v) is 5.78. The third-order valence-electron chi connectivity index (χ3n) is 3.62. The lowest BCUT2D eigenvalue weighted by molar-refractivity contribution is -0.730. The molecule has 0 aromatic heterocycles. The molecule has 1 aromatic carbocycles. The average molecular weight is 242 g/mol. The van der Waals surface area contributed by atoms with Crippen LogP contribution in [0.15, 0.2) is 48.6 Å². The first-order valence-corrected chi connectivity index (χ1v) is 6.78. The Morgan fingerprint density at radius 2 is 1.83 bits per heavy atom. The zero-order valence-electron chi connectivity index (χ0n) is 11.6. The van der Waals surface area contributed by atoms with Gasteiger partial charge in [0.05, 0.1) is 6.04 Å². The highest BCUT2D eigenvalue weighted by atomic mass is 15.0. The minimum atomic E-state index is 0.539. The Balaban J connectivity index is 2.23. The number of fused-ring (bicyclic) bond motifs is 1. The highest BCUT2D eigenvalue weighted by Crippen LogP contribution is 2.26. The van der Waals surface area contributed by atoms with Crippen molar-refractivity contribution in [1.82, 2.24) is 0 Å². The monoisotopic (exact) mass is 242 g/mol. The Bertz CT molecular complexity index is 458. The Labute approximate surface area is 111 Å². The maximum atomic E-state index is 4.07. The minimum Gasteiger partial charge on any atom is -0.337 e. The van der Waals surface area contributed by atoms with E-state index in [1.54, 1.807) is 0 Å². The Kier molecular flexibility index (Phi) is 4.03. The molecule has 0 unspecified atom stereocenters. The molecule has 1 aromatic rings. The Morgan fingerprint density at radius 1 is 1.17 bits per heavy atom. The standard InChI is InChI=1S/C17H23N/c1-12(2)9-15-11-14-7-5-6-8-16(14)17(18-15)10-13(3)4/h5-8,15,17-18H,1,3,9-11H2,2,4H3/p+1/t15-,17+/m0/s1. The summed E-state index contributed by atoms with van der Waals surface area (Å²) in [6, 6.07) is 10.0. The van der Waals surface area contributed by atoms with Crippen LogP contribution in [0.1, 0.15) is 43.9 Å². The van der Waals surface area contributed by atoms with Crippen LogP contribution in [0.2, 0.25) is 0 Å². The van der Waals surface area contributed by atoms with Crippen molar-refractivity contribution in [2.24, 2.45) is 0 Å². The number of hydrogen-bond donors (Lipinski definition) is 1. The predicted octanol–water partition coefficient (Wildman–Crippen LogP) is 3.15. The molecule has 1 heteroatoms. The van der Waals surface area contributed by atoms with E-state index in [2.05, 4.69) is 56.6 Å². The fraction of sp³-hybridized carbons (Fsp3) is 0.412. The first-order chi connectivity index (χ1) is 8.56. The van der Waals surface area contributed by atoms with Gasteiger partial charge in [0.25, 0.3) is 0 Å². The highest BCUT2D eigenvalue weighted by Gasteiger charge is 2.29. The number of benzene rings is 1. The van der Waals surface area contributed by atoms with Gasteiger partial charge < -0.3 is 5.32 Å². The summed E-state index contributed by atoms with van der Waals surface area (Å²) in [6.45, 7) is 12.4. The van der Waals surface area contributed by atoms with E-state index in [1.165, 1.54) is 22.3 Å². The summed E-state index contributed by atoms with van der Waals surface area (Å²) in [5.41, 5.74) is 5.56. The SMILES string of the molecule is C=C(C)C[C@H]1Cc2ccccc2[C@@H](CC(=C)C)[NH2+]1. The van der Waals surface area contributed by atoms with Crippen LogP contribution in [0.3, 0.4) is 0 Å². The van der Waals surface area contributed by atoms with Gasteiger partial charge in [0, 0.05) is 24.8 Å². The van der Waals surface area contributed by atoms with E-state index >= 15 is 0 Å². The van der Waals surface area contributed by atoms with Gasteiger partial charge in [-0.2, -0.15) is 0 Å². The number of quaternary nitrogens is 1. The van der Waals surface area contributed by atoms with Crippen LogP contribution >= 0.6 is 0 Å². The van der Waals surface area contributed by atoms with E-state index in [0.29, 0.717) is 12.1 Å². The summed E-state index contributed by atoms with van der Waals surface area (Å²) in [4.78, 5) is 0. The van der Waals surface area contributed by atoms with Crippen molar-refractivity contribution in [3.63, 3.8) is 0 Å². The van der Waals surface area contributed by atoms with E-state index in [4.69, 9.17) is 0 Å². The second kappa shape index (κ2) is 5.53. The van der Waals surface area contributed by atoms with E-state index in [1.807, 2.05) is 0 Å². The van der Waals surface area contributed by atoms with Gasteiger partial charge in [-0.3, -0.25) is 0 Å². The van der Waals surface area contributed by atoms with Crippen molar-refractivity contribution < 1.29 is 5.32 Å². The first kappa shape index (κ1) is 13.1. The van der Waals surface area contributed by atoms with Crippen molar-refractivity contribution >= 4 is 0 Å². The molecule has 1 heterocycles. The molecule has 1 aliphatic rings. The molecule has 0 saturated carbocycles. The third kappa shape index (κ3) is 3.11. The number of rotatable bonds is 4. The Morgan fingerprint density at radius 3 is 2.50 bits per heavy atom. The molecule has 0 aliphatic carbocycles. The molecule has 0 fully saturated rings. The van der Waals surface area contributed by atoms with Gasteiger partial charge in [-0.15, -0.1) is 0 Å². The smallest absolute Gasteiger partial charge is 0.116 e. The van der Waals surface area contributed by atoms with Gasteiger partial charge in [0.2, 0.25) is 0 Å². The van der Waals surface area contributed by atoms with Gasteiger partial charge in [0.1, 0.15) is 6.04 Å². The van der Waals surface area contributed by atoms with Crippen molar-refractivity contribution in [1.29, 1.82) is 0 Å². The van der Waals surface area contributed by atoms with E-state index in [9.17, 15) is 0 Å². The van der Waals surface area contributed by atoms with Gasteiger partial charge >= 0.3 is 0 Å². The lowest BCUT2D eigenvalue weighted by Crippen LogP contribution is -2.92. The molecule has 1 aliphatic heterocycles. The molecule has 18 heavy (non-hydrogen) atoms. The normalized spacial score (nSPS) is 22.3. The Hall–Kier alpha value is -1.34. The summed E-state index contributed by atoms with van der Waals surface area (Å²) in [6.07, 6.45) is 3.35. The van der Waals surface area contributed by atoms with Crippen LogP contribution in [0, 0.1) is 0 Å². The van der Waals surface area contributed by atoms with E-state index in [0.717, 1.165) is 19.3 Å². The molecule has 0 bridgehead atoms. The molecule has 0 radical (unpaired) electrons. The van der Waals surface area contributed by atoms with Crippen LogP contribution in [-0.4, -0.2) is 6.04 Å². The van der Waals surface area contributed by atoms with Gasteiger partial charge in [0.15, 0.2) is 0 Å². The van der Waals surface area contributed by atoms with Crippen molar-refractivity contribution in [3.8, 4) is 0 Å². The van der Waals surface area contributed by atoms with Crippen LogP contribution in [0.4, 0.5) is 0 Å². The number of nitrogens with two attached hydrogens (primary N) is 1. The summed E-state index contributed by atoms with van der Waals surface area (Å²) < 4.78 is 0. The van der Waals surface area contributed by atoms with Crippen molar-refractivity contribution in [3.05, 3.63) is 59.7 Å². The summed E-state index contributed by atoms with van der Waals surface area (Å²) in [5, 5.41) is 2.52. The van der Waals surface area contributed by atoms with Gasteiger partial charge in [-0.05, 0) is 19.4 Å². The van der Waals surface area contributed by atoms with Crippen LogP contribution < -0.4 is 5.32 Å². The largest absolute Gasteiger partial charge is 0.337 e. The summed E-state index contributed by atoms with van der Waals surface area (Å²) >= 11 is 0. The van der Waals surface area contributed by atoms with Crippen molar-refractivity contribution in [2.45, 2.75) is 45.2 Å². The highest BCUT2D eigenvalue weighted by molar-refractivity contribution is 5.31. The van der Waals surface area contributed by atoms with Gasteiger partial charge in [-0.1, -0.05) is 48.6 Å². The lowest BCUT2D eigenvalue weighted by Gasteiger charge is -2.30. The quantitative estimate of drug-likeness (QED) is 0.781. The van der Waals surface area contributed by atoms with Gasteiger partial charge in [-0.25, -0.2) is 0 Å². The minimum absolute atomic E-state index is 0.539. The van der Waals surface area contributed by atoms with Crippen molar-refractivity contribution in [2.75, 3.05) is 0 Å². The average Bonchev–Trinajstić information content (AvgIpc) is 2.27. The summed E-state index contributed by atoms with van der Waals surface area (Å²) in [7, 11) is 0. The number of hydrogen-bond acceptors (Lipinski definition) is 0. The van der Waals surface area contributed by atoms with Crippen LogP contribution in [-0.2, 0) is 6.42 Å². The zero-order chi connectivity index (χ0) is 13.1. The van der Waals surface area contributed by atoms with Crippen LogP contribution in [0.25, 0.3) is 0 Å². The van der Waals surface area contributed by atoms with Crippen LogP contribution in [0.5, 0.6) is 0 Å². The van der Waals surface area contributed by atoms with E-state index < -0.39 is 0 Å². The molecule has 2 N–H and O–H groups in total. The lowest BCUT2D eigenvalue weighted by atomic mass is 9.86. The molecule has 0 amide bonds.